The van der Waals surface area contributed by atoms with Crippen molar-refractivity contribution < 1.29 is 111 Å². The van der Waals surface area contributed by atoms with Crippen LogP contribution >= 0.6 is 0 Å². The monoisotopic (exact) mass is 1620 g/mol. The van der Waals surface area contributed by atoms with Gasteiger partial charge in [0.05, 0.1) is 134 Å². The topological polar surface area (TPSA) is 470 Å². The van der Waals surface area contributed by atoms with Crippen molar-refractivity contribution in [3.05, 3.63) is 65.7 Å². The maximum absolute atomic E-state index is 14.9. The molecule has 14 N–H and O–H groups in total. The predicted octanol–water partition coefficient (Wildman–Crippen LogP) is 3.56. The van der Waals surface area contributed by atoms with Crippen molar-refractivity contribution in [3.8, 4) is 0 Å². The SMILES string of the molecule is CC[C@H](C)[C@@H]([C@@H](CC(=O)N1CCC[C@H]1[C@H](OC)[C@@H](C)C(=O)N[C@H](C)[C@@H](O)c1ccccc1)OC)N(C)C(=O)[C@@H](NC(=O)[C@H](C(C)C)N(C)C(=O)OCc1ccc(NC(=O)[C@H](CCCNC(N)=O)NC(=O)[C@@H](NC(=O)[C@H](CCCCNC(=O)OCCOCCOCCOCCOCCOCCN(O)O)NCO)C(C)C)cc1)C(C)C. The van der Waals surface area contributed by atoms with E-state index in [0.29, 0.717) is 102 Å². The van der Waals surface area contributed by atoms with E-state index in [2.05, 4.69) is 42.5 Å². The molecular weight excluding hydrogens is 1490 g/mol. The van der Waals surface area contributed by atoms with Gasteiger partial charge < -0.3 is 106 Å². The number of nitrogens with zero attached hydrogens (tertiary/aromatic N) is 4. The zero-order valence-corrected chi connectivity index (χ0v) is 69.2. The number of urea groups is 1. The number of nitrogens with one attached hydrogen (secondary N) is 8. The molecule has 0 saturated carbocycles. The minimum atomic E-state index is -1.19. The first kappa shape index (κ1) is 100. The van der Waals surface area contributed by atoms with Crippen molar-refractivity contribution in [2.24, 2.45) is 35.3 Å². The Morgan fingerprint density at radius 1 is 0.605 bits per heavy atom. The summed E-state index contributed by atoms with van der Waals surface area (Å²) in [4.78, 5) is 142. The van der Waals surface area contributed by atoms with E-state index >= 15 is 0 Å². The van der Waals surface area contributed by atoms with E-state index < -0.39 is 145 Å². The molecule has 0 radical (unpaired) electrons. The van der Waals surface area contributed by atoms with Crippen LogP contribution < -0.4 is 48.3 Å². The Kier molecular flexibility index (Phi) is 48.8. The van der Waals surface area contributed by atoms with Gasteiger partial charge in [-0.2, -0.15) is 0 Å². The third-order valence-electron chi connectivity index (χ3n) is 19.7. The van der Waals surface area contributed by atoms with Crippen LogP contribution in [0.5, 0.6) is 0 Å². The third-order valence-corrected chi connectivity index (χ3v) is 19.7. The van der Waals surface area contributed by atoms with Gasteiger partial charge in [-0.1, -0.05) is 116 Å². The minimum absolute atomic E-state index is 0.00590. The van der Waals surface area contributed by atoms with Gasteiger partial charge in [-0.25, -0.2) is 14.4 Å². The second kappa shape index (κ2) is 55.6. The highest BCUT2D eigenvalue weighted by Gasteiger charge is 2.44. The fourth-order valence-electron chi connectivity index (χ4n) is 13.2. The van der Waals surface area contributed by atoms with Gasteiger partial charge in [-0.05, 0) is 98.8 Å². The molecule has 1 saturated heterocycles. The second-order valence-corrected chi connectivity index (χ2v) is 29.4. The average Bonchev–Trinajstić information content (AvgIpc) is 1.51. The molecule has 3 rings (SSSR count). The number of likely N-dealkylation sites (N-methyl/N-ethyl adjacent to an activating group) is 2. The van der Waals surface area contributed by atoms with Crippen molar-refractivity contribution in [2.45, 2.75) is 200 Å². The first-order chi connectivity index (χ1) is 54.3. The van der Waals surface area contributed by atoms with Crippen molar-refractivity contribution in [3.63, 3.8) is 0 Å². The van der Waals surface area contributed by atoms with Gasteiger partial charge in [0.15, 0.2) is 0 Å². The summed E-state index contributed by atoms with van der Waals surface area (Å²) in [5.41, 5.74) is 6.75. The van der Waals surface area contributed by atoms with E-state index in [1.807, 2.05) is 32.0 Å². The van der Waals surface area contributed by atoms with Gasteiger partial charge in [0.1, 0.15) is 37.4 Å². The third kappa shape index (κ3) is 36.5. The standard InChI is InChI=1S/C78H133N13O23/c1-15-53(8)67(62(106-13)47-63(93)90-34-22-27-61(90)69(107-14)54(9)70(95)83-55(10)68(94)57-23-17-16-18-24-57)88(11)75(100)65(51(4)5)87-74(99)66(52(6)7)89(12)78(103)114-48-56-28-30-58(31-29-56)84-72(97)60(26-21-33-80-76(79)101)85-73(98)64(50(2)3)86-71(96)59(82-49-92)25-19-20-32-81-77(102)113-46-45-112-44-43-111-42-41-110-40-39-109-38-37-108-36-35-91(104)105/h16-18,23-24,28-31,50-55,59-62,64-69,82,92,94,104-105H,15,19-22,25-27,32-49H2,1-14H3,(H,81,102)(H,83,95)(H,84,97)(H,85,98)(H,86,96)(H,87,99)(H3,79,80,101)/t53-,54+,55+,59-,60-,61-,62+,64-,65-,66-,67-,68+,69+/m0/s1. The van der Waals surface area contributed by atoms with Crippen LogP contribution in [-0.4, -0.2) is 295 Å². The molecule has 0 aromatic heterocycles. The van der Waals surface area contributed by atoms with Crippen molar-refractivity contribution >= 4 is 65.3 Å². The van der Waals surface area contributed by atoms with Crippen LogP contribution in [-0.2, 0) is 82.8 Å². The molecule has 0 unspecified atom stereocenters. The number of likely N-dealkylation sites (tertiary alicyclic amines) is 1. The summed E-state index contributed by atoms with van der Waals surface area (Å²) in [5.74, 6) is -5.84. The van der Waals surface area contributed by atoms with Gasteiger partial charge in [0.2, 0.25) is 41.4 Å². The van der Waals surface area contributed by atoms with E-state index in [0.717, 1.165) is 4.90 Å². The number of hydroxylamine groups is 2. The molecule has 2 aromatic rings. The molecule has 2 aromatic carbocycles. The number of nitrogens with two attached hydrogens (primary N) is 1. The molecule has 36 nitrogen and oxygen atoms in total. The van der Waals surface area contributed by atoms with Crippen LogP contribution in [0.25, 0.3) is 0 Å². The van der Waals surface area contributed by atoms with E-state index in [-0.39, 0.29) is 101 Å². The lowest BCUT2D eigenvalue weighted by atomic mass is 9.89. The van der Waals surface area contributed by atoms with Crippen LogP contribution in [0.4, 0.5) is 20.1 Å². The number of alkyl carbamates (subject to hydrolysis) is 1. The minimum Gasteiger partial charge on any atom is -0.447 e. The van der Waals surface area contributed by atoms with Crippen LogP contribution in [0.1, 0.15) is 144 Å². The number of aliphatic hydroxyl groups is 2. The molecule has 114 heavy (non-hydrogen) atoms. The van der Waals surface area contributed by atoms with E-state index in [4.69, 9.17) is 58.8 Å². The number of anilines is 1. The van der Waals surface area contributed by atoms with Gasteiger partial charge >= 0.3 is 18.2 Å². The molecule has 13 atom stereocenters. The number of primary amides is 1. The smallest absolute Gasteiger partial charge is 0.410 e. The van der Waals surface area contributed by atoms with Crippen molar-refractivity contribution in [1.82, 2.24) is 57.1 Å². The number of methoxy groups -OCH3 is 2. The number of ether oxygens (including phenoxy) is 9. The first-order valence-electron chi connectivity index (χ1n) is 39.5. The summed E-state index contributed by atoms with van der Waals surface area (Å²) in [5, 5.41) is 60.1. The summed E-state index contributed by atoms with van der Waals surface area (Å²) in [6.45, 7) is 20.7. The van der Waals surface area contributed by atoms with E-state index in [1.54, 1.807) is 104 Å². The fourth-order valence-corrected chi connectivity index (χ4v) is 13.2. The number of carbonyl (C=O) groups is 10. The number of aliphatic hydroxyl groups excluding tert-OH is 2. The molecule has 1 fully saturated rings. The largest absolute Gasteiger partial charge is 0.447 e. The number of hydrogen-bond donors (Lipinski definition) is 13. The lowest BCUT2D eigenvalue weighted by molar-refractivity contribution is -0.310. The Hall–Kier alpha value is -7.98. The molecule has 1 aliphatic rings. The van der Waals surface area contributed by atoms with Crippen LogP contribution in [0.2, 0.25) is 0 Å². The summed E-state index contributed by atoms with van der Waals surface area (Å²) in [6.07, 6.45) is -0.891. The summed E-state index contributed by atoms with van der Waals surface area (Å²) in [6, 6.07) is 7.37. The number of hydrogen-bond acceptors (Lipinski definition) is 25. The Balaban J connectivity index is 1.56. The Morgan fingerprint density at radius 3 is 1.72 bits per heavy atom. The number of benzene rings is 2. The lowest BCUT2D eigenvalue weighted by Gasteiger charge is -2.41. The number of rotatable bonds is 58. The maximum atomic E-state index is 14.9. The highest BCUT2D eigenvalue weighted by molar-refractivity contribution is 5.99. The normalized spacial score (nSPS) is 16.1. The van der Waals surface area contributed by atoms with Gasteiger partial charge in [-0.3, -0.25) is 54.2 Å². The van der Waals surface area contributed by atoms with Crippen molar-refractivity contribution in [2.75, 3.05) is 139 Å². The van der Waals surface area contributed by atoms with Crippen LogP contribution in [0, 0.1) is 29.6 Å². The molecule has 11 amide bonds. The molecule has 0 spiro atoms. The van der Waals surface area contributed by atoms with Crippen molar-refractivity contribution in [1.29, 1.82) is 0 Å². The molecule has 0 aliphatic carbocycles. The first-order valence-corrected chi connectivity index (χ1v) is 39.5. The van der Waals surface area contributed by atoms with Crippen LogP contribution in [0.15, 0.2) is 54.6 Å². The maximum Gasteiger partial charge on any atom is 0.410 e. The molecule has 1 heterocycles. The van der Waals surface area contributed by atoms with Crippen LogP contribution in [0.3, 0.4) is 0 Å². The highest BCUT2D eigenvalue weighted by Crippen LogP contribution is 2.31. The number of amides is 11. The predicted molar refractivity (Wildman–Crippen MR) is 421 cm³/mol. The molecule has 648 valence electrons. The number of unbranched alkanes of at least 4 members (excludes halogenated alkanes) is 1. The fraction of sp³-hybridized carbons (Fsp3) is 0.718. The molecule has 0 bridgehead atoms. The quantitative estimate of drug-likeness (QED) is 0.0256. The highest BCUT2D eigenvalue weighted by atomic mass is 16.8. The Bertz CT molecular complexity index is 3150. The summed E-state index contributed by atoms with van der Waals surface area (Å²) < 4.78 is 49.8. The number of carbonyl (C=O) groups excluding carboxylic acids is 10. The average molecular weight is 1620 g/mol. The summed E-state index contributed by atoms with van der Waals surface area (Å²) in [7, 11) is 6.05. The molecular formula is C78H133N13O23. The zero-order valence-electron chi connectivity index (χ0n) is 69.2. The van der Waals surface area contributed by atoms with Gasteiger partial charge in [0.25, 0.3) is 0 Å². The van der Waals surface area contributed by atoms with E-state index in [1.165, 1.54) is 26.2 Å². The second-order valence-electron chi connectivity index (χ2n) is 29.4. The Labute approximate surface area is 671 Å². The summed E-state index contributed by atoms with van der Waals surface area (Å²) >= 11 is 0. The molecule has 36 heteroatoms. The van der Waals surface area contributed by atoms with Gasteiger partial charge in [-0.15, -0.1) is 0 Å². The lowest BCUT2D eigenvalue weighted by Crippen LogP contribution is -2.60. The zero-order chi connectivity index (χ0) is 84.8. The van der Waals surface area contributed by atoms with E-state index in [9.17, 15) is 58.2 Å². The molecule has 1 aliphatic heterocycles. The Morgan fingerprint density at radius 2 is 1.18 bits per heavy atom. The van der Waals surface area contributed by atoms with Gasteiger partial charge in [0, 0.05) is 53.6 Å².